The van der Waals surface area contributed by atoms with Crippen LogP contribution in [0.25, 0.3) is 16.6 Å². The van der Waals surface area contributed by atoms with E-state index in [1.54, 1.807) is 12.1 Å². The van der Waals surface area contributed by atoms with E-state index in [0.717, 1.165) is 48.3 Å². The lowest BCUT2D eigenvalue weighted by molar-refractivity contribution is 0.307. The maximum absolute atomic E-state index is 13.1. The average Bonchev–Trinajstić information content (AvgIpc) is 2.98. The van der Waals surface area contributed by atoms with Crippen LogP contribution in [0.1, 0.15) is 12.8 Å². The minimum absolute atomic E-state index is 0.223. The van der Waals surface area contributed by atoms with Crippen LogP contribution in [0.15, 0.2) is 54.7 Å². The van der Waals surface area contributed by atoms with Crippen molar-refractivity contribution in [1.82, 2.24) is 9.88 Å². The lowest BCUT2D eigenvalue weighted by Crippen LogP contribution is -2.09. The van der Waals surface area contributed by atoms with Crippen LogP contribution >= 0.6 is 0 Å². The summed E-state index contributed by atoms with van der Waals surface area (Å²) in [5.41, 5.74) is 2.03. The molecule has 1 heterocycles. The van der Waals surface area contributed by atoms with Crippen molar-refractivity contribution in [2.75, 3.05) is 20.2 Å². The normalized spacial score (nSPS) is 11.0. The van der Waals surface area contributed by atoms with Gasteiger partial charge in [-0.15, -0.1) is 0 Å². The summed E-state index contributed by atoms with van der Waals surface area (Å²) in [5, 5.41) is 4.24. The molecule has 0 saturated carbocycles. The van der Waals surface area contributed by atoms with Gasteiger partial charge >= 0.3 is 0 Å². The Morgan fingerprint density at radius 2 is 1.87 bits per heavy atom. The first kappa shape index (κ1) is 15.6. The van der Waals surface area contributed by atoms with Crippen molar-refractivity contribution in [3.05, 3.63) is 60.5 Å². The molecule has 1 N–H and O–H groups in total. The van der Waals surface area contributed by atoms with E-state index in [9.17, 15) is 4.39 Å². The maximum atomic E-state index is 13.1. The van der Waals surface area contributed by atoms with Crippen LogP contribution in [-0.4, -0.2) is 24.8 Å². The standard InChI is InChI=1S/C19H21FN2O/c1-21-11-2-3-13-23-18-8-9-19-15(14-18)10-12-22(19)17-6-4-16(20)5-7-17/h4-10,12,14,21H,2-3,11,13H2,1H3. The molecule has 23 heavy (non-hydrogen) atoms. The van der Waals surface area contributed by atoms with Crippen molar-refractivity contribution in [3.8, 4) is 11.4 Å². The zero-order chi connectivity index (χ0) is 16.1. The first-order valence-corrected chi connectivity index (χ1v) is 7.92. The molecule has 0 aliphatic carbocycles. The third-order valence-electron chi connectivity index (χ3n) is 3.86. The summed E-state index contributed by atoms with van der Waals surface area (Å²) < 4.78 is 20.9. The van der Waals surface area contributed by atoms with Crippen LogP contribution in [0.3, 0.4) is 0 Å². The summed E-state index contributed by atoms with van der Waals surface area (Å²) >= 11 is 0. The molecule has 0 radical (unpaired) electrons. The van der Waals surface area contributed by atoms with E-state index < -0.39 is 0 Å². The van der Waals surface area contributed by atoms with E-state index in [2.05, 4.69) is 5.32 Å². The van der Waals surface area contributed by atoms with Crippen LogP contribution in [0.2, 0.25) is 0 Å². The molecule has 0 spiro atoms. The van der Waals surface area contributed by atoms with Crippen molar-refractivity contribution in [3.63, 3.8) is 0 Å². The van der Waals surface area contributed by atoms with E-state index in [0.29, 0.717) is 0 Å². The molecule has 1 aromatic heterocycles. The molecule has 0 amide bonds. The van der Waals surface area contributed by atoms with E-state index in [4.69, 9.17) is 4.74 Å². The molecule has 0 unspecified atom stereocenters. The van der Waals surface area contributed by atoms with Gasteiger partial charge in [0.05, 0.1) is 12.1 Å². The van der Waals surface area contributed by atoms with Gasteiger partial charge in [-0.2, -0.15) is 0 Å². The number of hydrogen-bond acceptors (Lipinski definition) is 2. The van der Waals surface area contributed by atoms with Gasteiger partial charge in [0, 0.05) is 17.3 Å². The molecule has 0 fully saturated rings. The monoisotopic (exact) mass is 312 g/mol. The molecule has 120 valence electrons. The van der Waals surface area contributed by atoms with Crippen LogP contribution in [-0.2, 0) is 0 Å². The molecule has 4 heteroatoms. The number of nitrogens with zero attached hydrogens (tertiary/aromatic N) is 1. The van der Waals surface area contributed by atoms with Gasteiger partial charge < -0.3 is 14.6 Å². The molecular formula is C19H21FN2O. The Bertz CT molecular complexity index is 765. The Morgan fingerprint density at radius 1 is 1.04 bits per heavy atom. The molecule has 3 rings (SSSR count). The zero-order valence-electron chi connectivity index (χ0n) is 13.3. The molecule has 3 aromatic rings. The summed E-state index contributed by atoms with van der Waals surface area (Å²) in [6.45, 7) is 1.74. The minimum Gasteiger partial charge on any atom is -0.494 e. The smallest absolute Gasteiger partial charge is 0.123 e. The third-order valence-corrected chi connectivity index (χ3v) is 3.86. The third kappa shape index (κ3) is 3.71. The van der Waals surface area contributed by atoms with E-state index in [-0.39, 0.29) is 5.82 Å². The van der Waals surface area contributed by atoms with Crippen LogP contribution in [0, 0.1) is 5.82 Å². The molecular weight excluding hydrogens is 291 g/mol. The summed E-state index contributed by atoms with van der Waals surface area (Å²) in [6.07, 6.45) is 4.14. The highest BCUT2D eigenvalue weighted by atomic mass is 19.1. The summed E-state index contributed by atoms with van der Waals surface area (Å²) in [4.78, 5) is 0. The SMILES string of the molecule is CNCCCCOc1ccc2c(ccn2-c2ccc(F)cc2)c1. The Kier molecular flexibility index (Phi) is 4.93. The number of hydrogen-bond donors (Lipinski definition) is 1. The number of fused-ring (bicyclic) bond motifs is 1. The second-order valence-corrected chi connectivity index (χ2v) is 5.54. The molecule has 0 saturated heterocycles. The number of benzene rings is 2. The quantitative estimate of drug-likeness (QED) is 0.663. The number of aromatic nitrogens is 1. The second kappa shape index (κ2) is 7.29. The summed E-state index contributed by atoms with van der Waals surface area (Å²) in [7, 11) is 1.96. The van der Waals surface area contributed by atoms with E-state index >= 15 is 0 Å². The highest BCUT2D eigenvalue weighted by molar-refractivity contribution is 5.83. The van der Waals surface area contributed by atoms with Crippen molar-refractivity contribution in [2.45, 2.75) is 12.8 Å². The first-order valence-electron chi connectivity index (χ1n) is 7.92. The summed E-state index contributed by atoms with van der Waals surface area (Å²) in [5.74, 6) is 0.665. The van der Waals surface area contributed by atoms with Crippen molar-refractivity contribution in [1.29, 1.82) is 0 Å². The average molecular weight is 312 g/mol. The lowest BCUT2D eigenvalue weighted by Gasteiger charge is -2.08. The van der Waals surface area contributed by atoms with Gasteiger partial charge in [-0.1, -0.05) is 0 Å². The number of nitrogens with one attached hydrogen (secondary N) is 1. The van der Waals surface area contributed by atoms with Crippen LogP contribution in [0.4, 0.5) is 4.39 Å². The molecule has 3 nitrogen and oxygen atoms in total. The van der Waals surface area contributed by atoms with Gasteiger partial charge in [-0.05, 0) is 75.0 Å². The highest BCUT2D eigenvalue weighted by Gasteiger charge is 2.05. The largest absolute Gasteiger partial charge is 0.494 e. The fourth-order valence-electron chi connectivity index (χ4n) is 2.63. The molecule has 0 atom stereocenters. The van der Waals surface area contributed by atoms with Gasteiger partial charge in [-0.25, -0.2) is 4.39 Å². The van der Waals surface area contributed by atoms with Crippen molar-refractivity contribution in [2.24, 2.45) is 0 Å². The minimum atomic E-state index is -0.223. The number of halogens is 1. The van der Waals surface area contributed by atoms with E-state index in [1.165, 1.54) is 12.1 Å². The molecule has 0 aliphatic rings. The second-order valence-electron chi connectivity index (χ2n) is 5.54. The van der Waals surface area contributed by atoms with Gasteiger partial charge in [0.15, 0.2) is 0 Å². The Morgan fingerprint density at radius 3 is 2.65 bits per heavy atom. The van der Waals surface area contributed by atoms with Gasteiger partial charge in [0.25, 0.3) is 0 Å². The van der Waals surface area contributed by atoms with Gasteiger partial charge in [0.2, 0.25) is 0 Å². The molecule has 0 aliphatic heterocycles. The number of ether oxygens (including phenoxy) is 1. The lowest BCUT2D eigenvalue weighted by atomic mass is 10.2. The topological polar surface area (TPSA) is 26.2 Å². The highest BCUT2D eigenvalue weighted by Crippen LogP contribution is 2.25. The number of unbranched alkanes of at least 4 members (excludes halogenated alkanes) is 1. The first-order chi connectivity index (χ1) is 11.3. The van der Waals surface area contributed by atoms with Crippen molar-refractivity contribution >= 4 is 10.9 Å². The molecule has 0 bridgehead atoms. The Balaban J connectivity index is 1.73. The molecule has 2 aromatic carbocycles. The van der Waals surface area contributed by atoms with Crippen LogP contribution in [0.5, 0.6) is 5.75 Å². The Hall–Kier alpha value is -2.33. The number of rotatable bonds is 7. The van der Waals surface area contributed by atoms with Crippen molar-refractivity contribution < 1.29 is 9.13 Å². The fraction of sp³-hybridized carbons (Fsp3) is 0.263. The van der Waals surface area contributed by atoms with Gasteiger partial charge in [-0.3, -0.25) is 0 Å². The zero-order valence-corrected chi connectivity index (χ0v) is 13.3. The maximum Gasteiger partial charge on any atom is 0.123 e. The predicted molar refractivity (Wildman–Crippen MR) is 91.9 cm³/mol. The summed E-state index contributed by atoms with van der Waals surface area (Å²) in [6, 6.07) is 14.6. The predicted octanol–water partition coefficient (Wildman–Crippen LogP) is 4.15. The van der Waals surface area contributed by atoms with E-state index in [1.807, 2.05) is 42.1 Å². The van der Waals surface area contributed by atoms with Gasteiger partial charge in [0.1, 0.15) is 11.6 Å². The Labute approximate surface area is 135 Å². The van der Waals surface area contributed by atoms with Crippen LogP contribution < -0.4 is 10.1 Å². The fourth-order valence-corrected chi connectivity index (χ4v) is 2.63.